The van der Waals surface area contributed by atoms with Crippen molar-refractivity contribution in [2.45, 2.75) is 24.9 Å². The lowest BCUT2D eigenvalue weighted by molar-refractivity contribution is -0.139. The number of carboxylic acid groups (broad SMARTS) is 1. The molecule has 0 aliphatic carbocycles. The molecule has 102 valence electrons. The van der Waals surface area contributed by atoms with Crippen molar-refractivity contribution in [1.82, 2.24) is 5.32 Å². The first-order chi connectivity index (χ1) is 9.02. The fourth-order valence-electron chi connectivity index (χ4n) is 1.57. The Kier molecular flexibility index (Phi) is 5.69. The Morgan fingerprint density at radius 3 is 2.47 bits per heavy atom. The lowest BCUT2D eigenvalue weighted by atomic mass is 10.1. The molecule has 1 rings (SSSR count). The van der Waals surface area contributed by atoms with E-state index in [2.05, 4.69) is 5.32 Å². The van der Waals surface area contributed by atoms with Crippen LogP contribution in [0.5, 0.6) is 0 Å². The third kappa shape index (κ3) is 5.31. The van der Waals surface area contributed by atoms with Gasteiger partial charge in [0.1, 0.15) is 6.29 Å². The fourth-order valence-corrected chi connectivity index (χ4v) is 1.57. The van der Waals surface area contributed by atoms with Crippen molar-refractivity contribution in [2.75, 3.05) is 0 Å². The number of nitrogens with two attached hydrogens (primary N) is 1. The second-order valence-corrected chi connectivity index (χ2v) is 4.15. The zero-order chi connectivity index (χ0) is 14.3. The molecule has 0 radical (unpaired) electrons. The van der Waals surface area contributed by atoms with Gasteiger partial charge in [0, 0.05) is 0 Å². The molecule has 2 atom stereocenters. The first-order valence-electron chi connectivity index (χ1n) is 5.80. The molecule has 1 aromatic rings. The van der Waals surface area contributed by atoms with E-state index in [1.807, 2.05) is 30.3 Å². The summed E-state index contributed by atoms with van der Waals surface area (Å²) in [5.74, 6) is -1.80. The van der Waals surface area contributed by atoms with Crippen LogP contribution in [0, 0.1) is 0 Å². The summed E-state index contributed by atoms with van der Waals surface area (Å²) < 4.78 is 0. The molecule has 19 heavy (non-hydrogen) atoms. The molecule has 1 aromatic carbocycles. The Balaban J connectivity index is 2.55. The number of carbonyl (C=O) groups is 3. The molecule has 6 heteroatoms. The molecule has 0 unspecified atom stereocenters. The van der Waals surface area contributed by atoms with Crippen molar-refractivity contribution >= 4 is 18.2 Å². The number of carbonyl (C=O) groups excluding carboxylic acids is 2. The fraction of sp³-hybridized carbons (Fsp3) is 0.308. The van der Waals surface area contributed by atoms with Crippen LogP contribution in [0.2, 0.25) is 0 Å². The lowest BCUT2D eigenvalue weighted by Crippen LogP contribution is -2.47. The minimum Gasteiger partial charge on any atom is -0.481 e. The quantitative estimate of drug-likeness (QED) is 0.586. The maximum absolute atomic E-state index is 11.6. The van der Waals surface area contributed by atoms with E-state index in [0.717, 1.165) is 5.56 Å². The number of aliphatic carboxylic acids is 1. The van der Waals surface area contributed by atoms with Gasteiger partial charge in [-0.3, -0.25) is 9.59 Å². The third-order valence-corrected chi connectivity index (χ3v) is 2.52. The Labute approximate surface area is 110 Å². The highest BCUT2D eigenvalue weighted by molar-refractivity contribution is 5.87. The summed E-state index contributed by atoms with van der Waals surface area (Å²) in [5.41, 5.74) is 6.30. The van der Waals surface area contributed by atoms with Gasteiger partial charge in [-0.25, -0.2) is 0 Å². The van der Waals surface area contributed by atoms with Crippen molar-refractivity contribution in [1.29, 1.82) is 0 Å². The number of amides is 1. The van der Waals surface area contributed by atoms with Crippen molar-refractivity contribution in [3.05, 3.63) is 35.9 Å². The van der Waals surface area contributed by atoms with E-state index in [-0.39, 0.29) is 0 Å². The van der Waals surface area contributed by atoms with Gasteiger partial charge in [0.2, 0.25) is 5.91 Å². The van der Waals surface area contributed by atoms with Gasteiger partial charge in [-0.05, 0) is 12.0 Å². The van der Waals surface area contributed by atoms with Crippen molar-refractivity contribution in [3.63, 3.8) is 0 Å². The Morgan fingerprint density at radius 1 is 1.32 bits per heavy atom. The summed E-state index contributed by atoms with van der Waals surface area (Å²) >= 11 is 0. The van der Waals surface area contributed by atoms with Crippen molar-refractivity contribution in [3.8, 4) is 0 Å². The van der Waals surface area contributed by atoms with Crippen LogP contribution in [0.15, 0.2) is 30.3 Å². The largest absolute Gasteiger partial charge is 0.481 e. The van der Waals surface area contributed by atoms with E-state index in [1.54, 1.807) is 0 Å². The number of hydrogen-bond acceptors (Lipinski definition) is 4. The lowest BCUT2D eigenvalue weighted by Gasteiger charge is -2.15. The predicted molar refractivity (Wildman–Crippen MR) is 68.4 cm³/mol. The summed E-state index contributed by atoms with van der Waals surface area (Å²) in [5, 5.41) is 11.0. The van der Waals surface area contributed by atoms with E-state index in [4.69, 9.17) is 10.8 Å². The highest BCUT2D eigenvalue weighted by atomic mass is 16.4. The van der Waals surface area contributed by atoms with Gasteiger partial charge in [0.25, 0.3) is 0 Å². The first-order valence-corrected chi connectivity index (χ1v) is 5.80. The van der Waals surface area contributed by atoms with Gasteiger partial charge >= 0.3 is 5.97 Å². The van der Waals surface area contributed by atoms with Gasteiger partial charge in [-0.2, -0.15) is 0 Å². The second-order valence-electron chi connectivity index (χ2n) is 4.15. The van der Waals surface area contributed by atoms with E-state index in [0.29, 0.717) is 12.7 Å². The molecule has 0 aliphatic heterocycles. The standard InChI is InChI=1S/C13H16N2O4/c14-11(7-12(17)18)13(19)15-10(8-16)6-9-4-2-1-3-5-9/h1-5,8,10-11H,6-7,14H2,(H,15,19)(H,17,18)/t10-,11-/m1/s1. The maximum atomic E-state index is 11.6. The third-order valence-electron chi connectivity index (χ3n) is 2.52. The SMILES string of the molecule is N[C@H](CC(=O)O)C(=O)N[C@@H](C=O)Cc1ccccc1. The first kappa shape index (κ1) is 14.8. The highest BCUT2D eigenvalue weighted by Crippen LogP contribution is 2.02. The Bertz CT molecular complexity index is 447. The number of hydrogen-bond donors (Lipinski definition) is 3. The number of carboxylic acids is 1. The molecule has 0 bridgehead atoms. The Morgan fingerprint density at radius 2 is 1.95 bits per heavy atom. The molecule has 4 N–H and O–H groups in total. The van der Waals surface area contributed by atoms with Crippen LogP contribution in [0.25, 0.3) is 0 Å². The van der Waals surface area contributed by atoms with Crippen molar-refractivity contribution in [2.24, 2.45) is 5.73 Å². The maximum Gasteiger partial charge on any atom is 0.305 e. The van der Waals surface area contributed by atoms with Crippen LogP contribution < -0.4 is 11.1 Å². The molecule has 6 nitrogen and oxygen atoms in total. The minimum absolute atomic E-state index is 0.343. The topological polar surface area (TPSA) is 109 Å². The van der Waals surface area contributed by atoms with Crippen LogP contribution in [0.3, 0.4) is 0 Å². The van der Waals surface area contributed by atoms with E-state index < -0.39 is 30.4 Å². The second kappa shape index (κ2) is 7.27. The summed E-state index contributed by atoms with van der Waals surface area (Å²) in [7, 11) is 0. The predicted octanol–water partition coefficient (Wildman–Crippen LogP) is -0.285. The average molecular weight is 264 g/mol. The van der Waals surface area contributed by atoms with Crippen LogP contribution in [-0.4, -0.2) is 35.4 Å². The van der Waals surface area contributed by atoms with Crippen LogP contribution >= 0.6 is 0 Å². The summed E-state index contributed by atoms with van der Waals surface area (Å²) in [6.07, 6.45) is 0.483. The number of rotatable bonds is 7. The van der Waals surface area contributed by atoms with E-state index >= 15 is 0 Å². The van der Waals surface area contributed by atoms with Gasteiger partial charge in [-0.1, -0.05) is 30.3 Å². The molecule has 0 saturated heterocycles. The molecular formula is C13H16N2O4. The van der Waals surface area contributed by atoms with Crippen LogP contribution in [0.4, 0.5) is 0 Å². The molecule has 1 amide bonds. The van der Waals surface area contributed by atoms with E-state index in [1.165, 1.54) is 0 Å². The molecule has 0 saturated carbocycles. The molecule has 0 aromatic heterocycles. The summed E-state index contributed by atoms with van der Waals surface area (Å²) in [6, 6.07) is 7.30. The molecular weight excluding hydrogens is 248 g/mol. The minimum atomic E-state index is -1.16. The zero-order valence-electron chi connectivity index (χ0n) is 10.3. The Hall–Kier alpha value is -2.21. The molecule has 0 fully saturated rings. The summed E-state index contributed by atoms with van der Waals surface area (Å²) in [6.45, 7) is 0. The summed E-state index contributed by atoms with van der Waals surface area (Å²) in [4.78, 5) is 32.9. The van der Waals surface area contributed by atoms with Gasteiger partial charge in [0.05, 0.1) is 18.5 Å². The molecule has 0 aliphatic rings. The zero-order valence-corrected chi connectivity index (χ0v) is 10.3. The molecule has 0 spiro atoms. The number of benzene rings is 1. The molecule has 0 heterocycles. The van der Waals surface area contributed by atoms with Crippen LogP contribution in [0.1, 0.15) is 12.0 Å². The number of nitrogens with one attached hydrogen (secondary N) is 1. The highest BCUT2D eigenvalue weighted by Gasteiger charge is 2.20. The normalized spacial score (nSPS) is 13.3. The van der Waals surface area contributed by atoms with Crippen molar-refractivity contribution < 1.29 is 19.5 Å². The van der Waals surface area contributed by atoms with Gasteiger partial charge < -0.3 is 21.0 Å². The monoisotopic (exact) mass is 264 g/mol. The van der Waals surface area contributed by atoms with E-state index in [9.17, 15) is 14.4 Å². The van der Waals surface area contributed by atoms with Crippen LogP contribution in [-0.2, 0) is 20.8 Å². The number of aldehydes is 1. The van der Waals surface area contributed by atoms with Gasteiger partial charge in [0.15, 0.2) is 0 Å². The smallest absolute Gasteiger partial charge is 0.305 e. The average Bonchev–Trinajstić information content (AvgIpc) is 2.38. The van der Waals surface area contributed by atoms with Gasteiger partial charge in [-0.15, -0.1) is 0 Å².